The van der Waals surface area contributed by atoms with Crippen LogP contribution >= 0.6 is 11.8 Å². The summed E-state index contributed by atoms with van der Waals surface area (Å²) in [6.45, 7) is 9.64. The summed E-state index contributed by atoms with van der Waals surface area (Å²) in [4.78, 5) is 9.32. The third kappa shape index (κ3) is 5.71. The van der Waals surface area contributed by atoms with Crippen LogP contribution in [0.4, 0.5) is 4.39 Å². The van der Waals surface area contributed by atoms with Gasteiger partial charge in [0.1, 0.15) is 24.3 Å². The molecule has 164 valence electrons. The van der Waals surface area contributed by atoms with Crippen LogP contribution in [0.2, 0.25) is 25.7 Å². The molecule has 2 heterocycles. The molecule has 9 heteroatoms. The molecule has 0 aliphatic heterocycles. The maximum absolute atomic E-state index is 13.7. The lowest BCUT2D eigenvalue weighted by molar-refractivity contribution is 0.0898. The summed E-state index contributed by atoms with van der Waals surface area (Å²) in [6.07, 6.45) is 1.73. The van der Waals surface area contributed by atoms with Crippen molar-refractivity contribution in [2.75, 3.05) is 19.0 Å². The third-order valence-electron chi connectivity index (χ3n) is 4.81. The lowest BCUT2D eigenvalue weighted by Gasteiger charge is -2.16. The number of benzene rings is 1. The summed E-state index contributed by atoms with van der Waals surface area (Å²) in [5.74, 6) is 0.126. The molecular formula is C22H27FN4O2SSi. The van der Waals surface area contributed by atoms with Crippen LogP contribution in [0, 0.1) is 24.1 Å². The number of nitrogens with zero attached hydrogens (tertiary/aromatic N) is 4. The molecule has 1 aromatic carbocycles. The van der Waals surface area contributed by atoms with Crippen molar-refractivity contribution in [2.45, 2.75) is 44.5 Å². The Bertz CT molecular complexity index is 1120. The maximum atomic E-state index is 13.7. The minimum atomic E-state index is -1.21. The lowest BCUT2D eigenvalue weighted by Crippen LogP contribution is -2.22. The van der Waals surface area contributed by atoms with Crippen LogP contribution in [0.1, 0.15) is 11.1 Å². The highest BCUT2D eigenvalue weighted by atomic mass is 32.2. The number of aromatic nitrogens is 3. The molecule has 0 fully saturated rings. The van der Waals surface area contributed by atoms with E-state index in [0.717, 1.165) is 17.2 Å². The molecular weight excluding hydrogens is 431 g/mol. The zero-order chi connectivity index (χ0) is 22.6. The Labute approximate surface area is 187 Å². The zero-order valence-corrected chi connectivity index (χ0v) is 20.1. The standard InChI is InChI=1S/C22H27FN4O2SSi/c1-15-11-17(23)5-6-18(15)20-19-16(12-24)13-27(14-29-8-10-31(2,3)4)21(19)26-22(25-20)30-9-7-28/h5-6,11,13,28H,7-10,14H2,1-4H3. The Morgan fingerprint density at radius 1 is 1.29 bits per heavy atom. The van der Waals surface area contributed by atoms with Crippen LogP contribution in [-0.2, 0) is 11.5 Å². The topological polar surface area (TPSA) is 84.0 Å². The summed E-state index contributed by atoms with van der Waals surface area (Å²) in [6, 6.07) is 7.80. The molecule has 0 saturated heterocycles. The van der Waals surface area contributed by atoms with Crippen LogP contribution in [-0.4, -0.2) is 46.7 Å². The molecule has 0 aliphatic carbocycles. The number of halogens is 1. The molecule has 0 atom stereocenters. The van der Waals surface area contributed by atoms with Crippen molar-refractivity contribution in [1.82, 2.24) is 14.5 Å². The highest BCUT2D eigenvalue weighted by Gasteiger charge is 2.20. The predicted molar refractivity (Wildman–Crippen MR) is 124 cm³/mol. The van der Waals surface area contributed by atoms with Crippen molar-refractivity contribution >= 4 is 30.9 Å². The van der Waals surface area contributed by atoms with Crippen molar-refractivity contribution in [3.05, 3.63) is 41.3 Å². The number of hydrogen-bond acceptors (Lipinski definition) is 6. The number of aliphatic hydroxyl groups is 1. The fourth-order valence-corrected chi connectivity index (χ4v) is 4.52. The normalized spacial score (nSPS) is 11.8. The molecule has 0 saturated carbocycles. The van der Waals surface area contributed by atoms with E-state index in [1.807, 2.05) is 11.5 Å². The first-order valence-electron chi connectivity index (χ1n) is 10.1. The van der Waals surface area contributed by atoms with E-state index in [-0.39, 0.29) is 19.2 Å². The first-order chi connectivity index (χ1) is 14.7. The number of aliphatic hydroxyl groups excluding tert-OH is 1. The minimum absolute atomic E-state index is 0.00122. The Morgan fingerprint density at radius 2 is 2.06 bits per heavy atom. The molecule has 2 aromatic heterocycles. The summed E-state index contributed by atoms with van der Waals surface area (Å²) in [7, 11) is -1.21. The maximum Gasteiger partial charge on any atom is 0.190 e. The van der Waals surface area contributed by atoms with Gasteiger partial charge in [-0.25, -0.2) is 14.4 Å². The summed E-state index contributed by atoms with van der Waals surface area (Å²) < 4.78 is 21.4. The van der Waals surface area contributed by atoms with E-state index in [4.69, 9.17) is 4.74 Å². The average molecular weight is 459 g/mol. The highest BCUT2D eigenvalue weighted by Crippen LogP contribution is 2.34. The van der Waals surface area contributed by atoms with Gasteiger partial charge in [0.05, 0.1) is 23.3 Å². The summed E-state index contributed by atoms with van der Waals surface area (Å²) in [5, 5.41) is 20.1. The van der Waals surface area contributed by atoms with Gasteiger partial charge >= 0.3 is 0 Å². The second kappa shape index (κ2) is 9.91. The van der Waals surface area contributed by atoms with E-state index >= 15 is 0 Å². The fraction of sp³-hybridized carbons (Fsp3) is 0.409. The van der Waals surface area contributed by atoms with Crippen molar-refractivity contribution in [1.29, 1.82) is 5.26 Å². The number of aryl methyl sites for hydroxylation is 1. The van der Waals surface area contributed by atoms with Gasteiger partial charge in [0.15, 0.2) is 5.16 Å². The first kappa shape index (κ1) is 23.4. The Morgan fingerprint density at radius 3 is 2.71 bits per heavy atom. The van der Waals surface area contributed by atoms with Crippen LogP contribution < -0.4 is 0 Å². The molecule has 0 unspecified atom stereocenters. The molecule has 0 amide bonds. The SMILES string of the molecule is Cc1cc(F)ccc1-c1nc(SCCO)nc2c1c(C#N)cn2COCC[Si](C)(C)C. The van der Waals surface area contributed by atoms with E-state index in [2.05, 4.69) is 35.7 Å². The first-order valence-corrected chi connectivity index (χ1v) is 14.8. The molecule has 3 aromatic rings. The van der Waals surface area contributed by atoms with Crippen LogP contribution in [0.5, 0.6) is 0 Å². The molecule has 1 N–H and O–H groups in total. The van der Waals surface area contributed by atoms with Gasteiger partial charge in [-0.1, -0.05) is 31.4 Å². The van der Waals surface area contributed by atoms with Crippen molar-refractivity contribution in [3.8, 4) is 17.3 Å². The van der Waals surface area contributed by atoms with E-state index in [1.165, 1.54) is 23.9 Å². The summed E-state index contributed by atoms with van der Waals surface area (Å²) >= 11 is 1.33. The number of hydrogen-bond donors (Lipinski definition) is 1. The van der Waals surface area contributed by atoms with Crippen LogP contribution in [0.15, 0.2) is 29.6 Å². The molecule has 6 nitrogen and oxygen atoms in total. The Hall–Kier alpha value is -2.25. The zero-order valence-electron chi connectivity index (χ0n) is 18.3. The largest absolute Gasteiger partial charge is 0.396 e. The number of fused-ring (bicyclic) bond motifs is 1. The van der Waals surface area contributed by atoms with Gasteiger partial charge in [-0.2, -0.15) is 5.26 Å². The van der Waals surface area contributed by atoms with Crippen molar-refractivity contribution in [3.63, 3.8) is 0 Å². The van der Waals surface area contributed by atoms with Gasteiger partial charge in [0.25, 0.3) is 0 Å². The van der Waals surface area contributed by atoms with Crippen LogP contribution in [0.25, 0.3) is 22.3 Å². The van der Waals surface area contributed by atoms with Gasteiger partial charge < -0.3 is 14.4 Å². The lowest BCUT2D eigenvalue weighted by atomic mass is 10.0. The van der Waals surface area contributed by atoms with E-state index in [9.17, 15) is 14.8 Å². The minimum Gasteiger partial charge on any atom is -0.396 e. The van der Waals surface area contributed by atoms with Crippen LogP contribution in [0.3, 0.4) is 0 Å². The van der Waals surface area contributed by atoms with Crippen molar-refractivity contribution < 1.29 is 14.2 Å². The molecule has 31 heavy (non-hydrogen) atoms. The predicted octanol–water partition coefficient (Wildman–Crippen LogP) is 4.81. The highest BCUT2D eigenvalue weighted by molar-refractivity contribution is 7.99. The van der Waals surface area contributed by atoms with Gasteiger partial charge in [-0.15, -0.1) is 0 Å². The van der Waals surface area contributed by atoms with E-state index in [0.29, 0.717) is 39.8 Å². The van der Waals surface area contributed by atoms with Gasteiger partial charge in [0.2, 0.25) is 0 Å². The average Bonchev–Trinajstić information content (AvgIpc) is 3.06. The smallest absolute Gasteiger partial charge is 0.190 e. The molecule has 0 radical (unpaired) electrons. The molecule has 0 spiro atoms. The van der Waals surface area contributed by atoms with Crippen molar-refractivity contribution in [2.24, 2.45) is 0 Å². The second-order valence-corrected chi connectivity index (χ2v) is 15.2. The number of nitriles is 1. The van der Waals surface area contributed by atoms with E-state index < -0.39 is 8.07 Å². The molecule has 0 bridgehead atoms. The van der Waals surface area contributed by atoms with Gasteiger partial charge in [-0.05, 0) is 36.7 Å². The van der Waals surface area contributed by atoms with E-state index in [1.54, 1.807) is 12.3 Å². The number of thioether (sulfide) groups is 1. The quantitative estimate of drug-likeness (QED) is 0.214. The third-order valence-corrected chi connectivity index (χ3v) is 7.34. The fourth-order valence-electron chi connectivity index (χ4n) is 3.18. The Balaban J connectivity index is 2.09. The Kier molecular flexibility index (Phi) is 7.49. The number of rotatable bonds is 9. The van der Waals surface area contributed by atoms with Gasteiger partial charge in [0, 0.05) is 32.2 Å². The molecule has 3 rings (SSSR count). The summed E-state index contributed by atoms with van der Waals surface area (Å²) in [5.41, 5.74) is 3.09. The molecule has 0 aliphatic rings. The van der Waals surface area contributed by atoms with Gasteiger partial charge in [-0.3, -0.25) is 0 Å². The number of ether oxygens (including phenoxy) is 1. The monoisotopic (exact) mass is 458 g/mol. The second-order valence-electron chi connectivity index (χ2n) is 8.56.